The molecule has 5 heteroatoms. The Hall–Kier alpha value is -1.19. The van der Waals surface area contributed by atoms with Gasteiger partial charge in [0.1, 0.15) is 5.75 Å². The van der Waals surface area contributed by atoms with Crippen LogP contribution in [0.15, 0.2) is 29.8 Å². The summed E-state index contributed by atoms with van der Waals surface area (Å²) < 4.78 is 5.34. The van der Waals surface area contributed by atoms with Crippen LogP contribution in [0, 0.1) is 6.92 Å². The van der Waals surface area contributed by atoms with Crippen LogP contribution in [0.25, 0.3) is 0 Å². The number of benzene rings is 1. The lowest BCUT2D eigenvalue weighted by Crippen LogP contribution is -2.29. The van der Waals surface area contributed by atoms with E-state index in [2.05, 4.69) is 11.9 Å². The topological polar surface area (TPSA) is 38.3 Å². The molecule has 3 nitrogen and oxygen atoms in total. The minimum atomic E-state index is -0.249. The second-order valence-electron chi connectivity index (χ2n) is 3.49. The molecule has 0 spiro atoms. The first-order chi connectivity index (χ1) is 7.99. The van der Waals surface area contributed by atoms with Crippen molar-refractivity contribution in [2.75, 3.05) is 13.2 Å². The third-order valence-electron chi connectivity index (χ3n) is 1.97. The van der Waals surface area contributed by atoms with Crippen LogP contribution in [-0.4, -0.2) is 19.1 Å². The van der Waals surface area contributed by atoms with E-state index in [0.29, 0.717) is 15.8 Å². The summed E-state index contributed by atoms with van der Waals surface area (Å²) in [4.78, 5) is 11.3. The summed E-state index contributed by atoms with van der Waals surface area (Å²) in [6.07, 6.45) is 0. The van der Waals surface area contributed by atoms with Crippen molar-refractivity contribution in [2.45, 2.75) is 6.92 Å². The van der Waals surface area contributed by atoms with Crippen LogP contribution in [0.3, 0.4) is 0 Å². The van der Waals surface area contributed by atoms with Gasteiger partial charge in [-0.05, 0) is 30.7 Å². The largest absolute Gasteiger partial charge is 0.484 e. The minimum Gasteiger partial charge on any atom is -0.484 e. The molecule has 1 aromatic rings. The maximum atomic E-state index is 11.3. The molecule has 0 aliphatic heterocycles. The fourth-order valence-corrected chi connectivity index (χ4v) is 1.46. The van der Waals surface area contributed by atoms with Gasteiger partial charge in [-0.15, -0.1) is 0 Å². The van der Waals surface area contributed by atoms with Crippen LogP contribution < -0.4 is 10.1 Å². The second-order valence-corrected chi connectivity index (χ2v) is 4.46. The molecule has 0 radical (unpaired) electrons. The van der Waals surface area contributed by atoms with Crippen LogP contribution >= 0.6 is 23.2 Å². The first-order valence-corrected chi connectivity index (χ1v) is 5.73. The zero-order chi connectivity index (χ0) is 12.8. The smallest absolute Gasteiger partial charge is 0.258 e. The number of ether oxygens (including phenoxy) is 1. The molecule has 0 atom stereocenters. The average Bonchev–Trinajstić information content (AvgIpc) is 2.25. The number of rotatable bonds is 5. The van der Waals surface area contributed by atoms with E-state index in [1.165, 1.54) is 0 Å². The van der Waals surface area contributed by atoms with Gasteiger partial charge < -0.3 is 10.1 Å². The van der Waals surface area contributed by atoms with Gasteiger partial charge in [0, 0.05) is 10.1 Å². The van der Waals surface area contributed by atoms with Crippen molar-refractivity contribution in [3.8, 4) is 5.75 Å². The molecule has 1 aromatic carbocycles. The summed E-state index contributed by atoms with van der Waals surface area (Å²) >= 11 is 11.3. The van der Waals surface area contributed by atoms with E-state index in [1.807, 2.05) is 6.92 Å². The molecule has 1 rings (SSSR count). The van der Waals surface area contributed by atoms with Gasteiger partial charge in [0.2, 0.25) is 0 Å². The van der Waals surface area contributed by atoms with E-state index in [9.17, 15) is 4.79 Å². The molecule has 0 saturated heterocycles. The van der Waals surface area contributed by atoms with Crippen LogP contribution in [0.2, 0.25) is 5.02 Å². The van der Waals surface area contributed by atoms with Crippen molar-refractivity contribution in [3.05, 3.63) is 40.4 Å². The van der Waals surface area contributed by atoms with Crippen molar-refractivity contribution in [1.29, 1.82) is 0 Å². The predicted molar refractivity (Wildman–Crippen MR) is 69.7 cm³/mol. The highest BCUT2D eigenvalue weighted by atomic mass is 35.5. The molecule has 0 aromatic heterocycles. The van der Waals surface area contributed by atoms with Crippen molar-refractivity contribution >= 4 is 29.1 Å². The number of hydrogen-bond acceptors (Lipinski definition) is 2. The molecule has 1 amide bonds. The van der Waals surface area contributed by atoms with Crippen LogP contribution in [0.5, 0.6) is 5.75 Å². The SMILES string of the molecule is C=C(Cl)CNC(=O)COc1ccc(Cl)cc1C. The van der Waals surface area contributed by atoms with Gasteiger partial charge in [-0.1, -0.05) is 29.8 Å². The first-order valence-electron chi connectivity index (χ1n) is 4.98. The van der Waals surface area contributed by atoms with Gasteiger partial charge >= 0.3 is 0 Å². The fraction of sp³-hybridized carbons (Fsp3) is 0.250. The van der Waals surface area contributed by atoms with Gasteiger partial charge in [0.15, 0.2) is 6.61 Å². The van der Waals surface area contributed by atoms with Gasteiger partial charge in [-0.3, -0.25) is 4.79 Å². The Bertz CT molecular complexity index is 433. The average molecular weight is 274 g/mol. The molecular formula is C12H13Cl2NO2. The van der Waals surface area contributed by atoms with E-state index in [0.717, 1.165) is 5.56 Å². The first kappa shape index (κ1) is 13.9. The number of nitrogens with one attached hydrogen (secondary N) is 1. The quantitative estimate of drug-likeness (QED) is 0.896. The molecule has 0 saturated carbocycles. The highest BCUT2D eigenvalue weighted by Gasteiger charge is 2.05. The number of carbonyl (C=O) groups is 1. The zero-order valence-electron chi connectivity index (χ0n) is 9.43. The van der Waals surface area contributed by atoms with Crippen molar-refractivity contribution in [2.24, 2.45) is 0 Å². The van der Waals surface area contributed by atoms with Crippen LogP contribution in [0.4, 0.5) is 0 Å². The number of halogens is 2. The summed E-state index contributed by atoms with van der Waals surface area (Å²) in [5.41, 5.74) is 0.882. The summed E-state index contributed by atoms with van der Waals surface area (Å²) in [5.74, 6) is 0.385. The van der Waals surface area contributed by atoms with E-state index in [1.54, 1.807) is 18.2 Å². The number of aryl methyl sites for hydroxylation is 1. The minimum absolute atomic E-state index is 0.0629. The lowest BCUT2D eigenvalue weighted by Gasteiger charge is -2.09. The molecule has 0 aliphatic carbocycles. The second kappa shape index (κ2) is 6.52. The number of amides is 1. The van der Waals surface area contributed by atoms with Crippen LogP contribution in [0.1, 0.15) is 5.56 Å². The highest BCUT2D eigenvalue weighted by molar-refractivity contribution is 6.30. The summed E-state index contributed by atoms with van der Waals surface area (Å²) in [5, 5.41) is 3.57. The number of carbonyl (C=O) groups excluding carboxylic acids is 1. The lowest BCUT2D eigenvalue weighted by molar-refractivity contribution is -0.122. The van der Waals surface area contributed by atoms with E-state index in [-0.39, 0.29) is 19.1 Å². The van der Waals surface area contributed by atoms with E-state index >= 15 is 0 Å². The normalized spacial score (nSPS) is 9.82. The Labute approximate surface area is 110 Å². The molecule has 0 heterocycles. The fourth-order valence-electron chi connectivity index (χ4n) is 1.16. The molecule has 0 fully saturated rings. The summed E-state index contributed by atoms with van der Waals surface area (Å²) in [6, 6.07) is 5.21. The maximum absolute atomic E-state index is 11.3. The summed E-state index contributed by atoms with van der Waals surface area (Å²) in [6.45, 7) is 5.50. The van der Waals surface area contributed by atoms with E-state index < -0.39 is 0 Å². The Balaban J connectivity index is 2.44. The standard InChI is InChI=1S/C12H13Cl2NO2/c1-8-5-10(14)3-4-11(8)17-7-12(16)15-6-9(2)13/h3-5H,2,6-7H2,1H3,(H,15,16). The lowest BCUT2D eigenvalue weighted by atomic mass is 10.2. The number of hydrogen-bond donors (Lipinski definition) is 1. The van der Waals surface area contributed by atoms with Gasteiger partial charge in [0.05, 0.1) is 6.54 Å². The van der Waals surface area contributed by atoms with Crippen molar-refractivity contribution < 1.29 is 9.53 Å². The van der Waals surface area contributed by atoms with E-state index in [4.69, 9.17) is 27.9 Å². The molecule has 0 bridgehead atoms. The predicted octanol–water partition coefficient (Wildman–Crippen LogP) is 2.90. The Morgan fingerprint density at radius 2 is 2.24 bits per heavy atom. The Morgan fingerprint density at radius 1 is 1.53 bits per heavy atom. The molecule has 0 unspecified atom stereocenters. The van der Waals surface area contributed by atoms with Crippen molar-refractivity contribution in [1.82, 2.24) is 5.32 Å². The van der Waals surface area contributed by atoms with Gasteiger partial charge in [-0.2, -0.15) is 0 Å². The monoisotopic (exact) mass is 273 g/mol. The van der Waals surface area contributed by atoms with Crippen molar-refractivity contribution in [3.63, 3.8) is 0 Å². The third kappa shape index (κ3) is 5.11. The third-order valence-corrected chi connectivity index (χ3v) is 2.34. The molecular weight excluding hydrogens is 261 g/mol. The molecule has 92 valence electrons. The Kier molecular flexibility index (Phi) is 5.32. The van der Waals surface area contributed by atoms with Gasteiger partial charge in [0.25, 0.3) is 5.91 Å². The van der Waals surface area contributed by atoms with Crippen LogP contribution in [-0.2, 0) is 4.79 Å². The highest BCUT2D eigenvalue weighted by Crippen LogP contribution is 2.21. The molecule has 1 N–H and O–H groups in total. The Morgan fingerprint density at radius 3 is 2.82 bits per heavy atom. The van der Waals surface area contributed by atoms with Gasteiger partial charge in [-0.25, -0.2) is 0 Å². The molecule has 17 heavy (non-hydrogen) atoms. The zero-order valence-corrected chi connectivity index (χ0v) is 10.9. The summed E-state index contributed by atoms with van der Waals surface area (Å²) in [7, 11) is 0. The molecule has 0 aliphatic rings. The maximum Gasteiger partial charge on any atom is 0.258 e.